The van der Waals surface area contributed by atoms with E-state index < -0.39 is 17.6 Å². The van der Waals surface area contributed by atoms with Gasteiger partial charge >= 0.3 is 5.97 Å². The molecule has 2 aromatic carbocycles. The standard InChI is InChI=1S/C30H23ClF2N4O4/c31-19-5-6-20(34-14-19)16-41-29-3-1-2-25(36-29)22-13-23(32)18(10-24(22)33)12-28-35-26-7-4-17(30(38)39)11-27(26)37(28)15-21-8-9-40-21/h1-7,10-11,13-14,21H,8-9,12,15-16H2,(H,38,39)/t21-/m0/s1. The third kappa shape index (κ3) is 5.75. The number of imidazole rings is 1. The Kier molecular flexibility index (Phi) is 7.34. The molecule has 5 aromatic rings. The Hall–Kier alpha value is -4.41. The Labute approximate surface area is 238 Å². The molecule has 1 N–H and O–H groups in total. The highest BCUT2D eigenvalue weighted by Crippen LogP contribution is 2.29. The summed E-state index contributed by atoms with van der Waals surface area (Å²) in [4.78, 5) is 24.7. The summed E-state index contributed by atoms with van der Waals surface area (Å²) in [6.07, 6.45) is 2.30. The zero-order valence-corrected chi connectivity index (χ0v) is 22.3. The van der Waals surface area contributed by atoms with Crippen LogP contribution in [-0.2, 0) is 24.3 Å². The van der Waals surface area contributed by atoms with Gasteiger partial charge in [0.05, 0.1) is 45.7 Å². The summed E-state index contributed by atoms with van der Waals surface area (Å²) in [6.45, 7) is 1.20. The molecular formula is C30H23ClF2N4O4. The van der Waals surface area contributed by atoms with E-state index in [2.05, 4.69) is 15.0 Å². The molecule has 1 saturated heterocycles. The van der Waals surface area contributed by atoms with Gasteiger partial charge in [-0.2, -0.15) is 0 Å². The minimum Gasteiger partial charge on any atom is -0.478 e. The number of hydrogen-bond donors (Lipinski definition) is 1. The zero-order chi connectivity index (χ0) is 28.5. The third-order valence-electron chi connectivity index (χ3n) is 6.89. The van der Waals surface area contributed by atoms with Gasteiger partial charge < -0.3 is 19.1 Å². The summed E-state index contributed by atoms with van der Waals surface area (Å²) in [5, 5.41) is 9.95. The van der Waals surface area contributed by atoms with Gasteiger partial charge in [-0.15, -0.1) is 0 Å². The minimum absolute atomic E-state index is 0.00247. The fourth-order valence-electron chi connectivity index (χ4n) is 4.65. The highest BCUT2D eigenvalue weighted by Gasteiger charge is 2.23. The number of ether oxygens (including phenoxy) is 2. The largest absolute Gasteiger partial charge is 0.478 e. The van der Waals surface area contributed by atoms with Crippen LogP contribution in [0.25, 0.3) is 22.3 Å². The molecule has 1 atom stereocenters. The van der Waals surface area contributed by atoms with Crippen molar-refractivity contribution < 1.29 is 28.2 Å². The first-order chi connectivity index (χ1) is 19.8. The topological polar surface area (TPSA) is 99.4 Å². The second-order valence-corrected chi connectivity index (χ2v) is 10.1. The van der Waals surface area contributed by atoms with E-state index in [4.69, 9.17) is 21.1 Å². The van der Waals surface area contributed by atoms with Crippen molar-refractivity contribution in [3.8, 4) is 17.1 Å². The lowest BCUT2D eigenvalue weighted by Gasteiger charge is -2.27. The van der Waals surface area contributed by atoms with Gasteiger partial charge in [0.1, 0.15) is 24.1 Å². The maximum atomic E-state index is 15.4. The predicted molar refractivity (Wildman–Crippen MR) is 147 cm³/mol. The summed E-state index contributed by atoms with van der Waals surface area (Å²) in [7, 11) is 0. The molecule has 3 aromatic heterocycles. The van der Waals surface area contributed by atoms with Crippen LogP contribution in [0, 0.1) is 11.6 Å². The van der Waals surface area contributed by atoms with E-state index in [0.29, 0.717) is 40.7 Å². The van der Waals surface area contributed by atoms with Crippen molar-refractivity contribution in [2.45, 2.75) is 32.1 Å². The van der Waals surface area contributed by atoms with Gasteiger partial charge in [0.2, 0.25) is 5.88 Å². The second-order valence-electron chi connectivity index (χ2n) is 9.65. The molecule has 4 heterocycles. The van der Waals surface area contributed by atoms with Crippen molar-refractivity contribution in [2.24, 2.45) is 0 Å². The molecule has 0 bridgehead atoms. The number of carboxylic acids is 1. The molecular weight excluding hydrogens is 554 g/mol. The van der Waals surface area contributed by atoms with E-state index in [9.17, 15) is 9.90 Å². The number of carboxylic acid groups (broad SMARTS) is 1. The highest BCUT2D eigenvalue weighted by molar-refractivity contribution is 6.30. The number of hydrogen-bond acceptors (Lipinski definition) is 6. The predicted octanol–water partition coefficient (Wildman–Crippen LogP) is 6.08. The van der Waals surface area contributed by atoms with E-state index >= 15 is 8.78 Å². The SMILES string of the molecule is O=C(O)c1ccc2nc(Cc3cc(F)c(-c4cccc(OCc5ccc(Cl)cn5)n4)cc3F)n(C[C@@H]3CCO3)c2c1. The number of aromatic nitrogens is 4. The molecule has 1 fully saturated rings. The Balaban J connectivity index is 1.27. The molecule has 8 nitrogen and oxygen atoms in total. The van der Waals surface area contributed by atoms with Gasteiger partial charge in [-0.05, 0) is 60.5 Å². The number of halogens is 3. The maximum absolute atomic E-state index is 15.4. The molecule has 0 spiro atoms. The van der Waals surface area contributed by atoms with Crippen LogP contribution in [0.2, 0.25) is 5.02 Å². The van der Waals surface area contributed by atoms with Gasteiger partial charge in [0.25, 0.3) is 0 Å². The van der Waals surface area contributed by atoms with Crippen molar-refractivity contribution in [1.82, 2.24) is 19.5 Å². The first-order valence-electron chi connectivity index (χ1n) is 12.9. The van der Waals surface area contributed by atoms with Gasteiger partial charge in [-0.25, -0.2) is 23.5 Å². The summed E-state index contributed by atoms with van der Waals surface area (Å²) in [5.74, 6) is -1.62. The van der Waals surface area contributed by atoms with Crippen LogP contribution in [-0.4, -0.2) is 43.3 Å². The van der Waals surface area contributed by atoms with Crippen molar-refractivity contribution in [1.29, 1.82) is 0 Å². The van der Waals surface area contributed by atoms with Crippen LogP contribution in [0.1, 0.15) is 33.9 Å². The molecule has 41 heavy (non-hydrogen) atoms. The molecule has 0 amide bonds. The molecule has 11 heteroatoms. The number of benzene rings is 2. The van der Waals surface area contributed by atoms with E-state index in [0.717, 1.165) is 18.6 Å². The quantitative estimate of drug-likeness (QED) is 0.227. The lowest BCUT2D eigenvalue weighted by molar-refractivity contribution is -0.0589. The van der Waals surface area contributed by atoms with Crippen LogP contribution >= 0.6 is 11.6 Å². The summed E-state index contributed by atoms with van der Waals surface area (Å²) in [5.41, 5.74) is 2.23. The van der Waals surface area contributed by atoms with Crippen molar-refractivity contribution in [3.63, 3.8) is 0 Å². The van der Waals surface area contributed by atoms with Crippen molar-refractivity contribution >= 4 is 28.6 Å². The molecule has 208 valence electrons. The second kappa shape index (κ2) is 11.2. The fourth-order valence-corrected chi connectivity index (χ4v) is 4.76. The lowest BCUT2D eigenvalue weighted by atomic mass is 10.0. The van der Waals surface area contributed by atoms with Gasteiger partial charge in [0.15, 0.2) is 0 Å². The van der Waals surface area contributed by atoms with E-state index in [1.165, 1.54) is 18.3 Å². The molecule has 0 radical (unpaired) electrons. The molecule has 0 unspecified atom stereocenters. The van der Waals surface area contributed by atoms with Crippen LogP contribution in [0.5, 0.6) is 5.88 Å². The lowest BCUT2D eigenvalue weighted by Crippen LogP contribution is -2.31. The third-order valence-corrected chi connectivity index (χ3v) is 7.12. The number of nitrogens with zero attached hydrogens (tertiary/aromatic N) is 4. The van der Waals surface area contributed by atoms with E-state index in [1.54, 1.807) is 36.4 Å². The first-order valence-corrected chi connectivity index (χ1v) is 13.2. The number of pyridine rings is 2. The molecule has 6 rings (SSSR count). The van der Waals surface area contributed by atoms with Gasteiger partial charge in [0, 0.05) is 30.9 Å². The molecule has 0 saturated carbocycles. The number of rotatable bonds is 9. The average Bonchev–Trinajstić information content (AvgIpc) is 3.28. The first kappa shape index (κ1) is 26.8. The molecule has 1 aliphatic heterocycles. The number of aromatic carboxylic acids is 1. The number of carbonyl (C=O) groups is 1. The maximum Gasteiger partial charge on any atom is 0.335 e. The van der Waals surface area contributed by atoms with E-state index in [-0.39, 0.29) is 47.4 Å². The Morgan fingerprint density at radius 3 is 2.68 bits per heavy atom. The van der Waals surface area contributed by atoms with Crippen molar-refractivity contribution in [3.05, 3.63) is 106 Å². The number of fused-ring (bicyclic) bond motifs is 1. The summed E-state index contributed by atoms with van der Waals surface area (Å²) in [6, 6.07) is 15.1. The summed E-state index contributed by atoms with van der Waals surface area (Å²) < 4.78 is 43.9. The van der Waals surface area contributed by atoms with E-state index in [1.807, 2.05) is 4.57 Å². The van der Waals surface area contributed by atoms with Crippen LogP contribution < -0.4 is 4.74 Å². The molecule has 0 aliphatic carbocycles. The Morgan fingerprint density at radius 2 is 1.95 bits per heavy atom. The monoisotopic (exact) mass is 576 g/mol. The van der Waals surface area contributed by atoms with Crippen molar-refractivity contribution in [2.75, 3.05) is 6.61 Å². The fraction of sp³-hybridized carbons (Fsp3) is 0.200. The minimum atomic E-state index is -1.06. The Morgan fingerprint density at radius 1 is 1.10 bits per heavy atom. The Bertz CT molecular complexity index is 1760. The van der Waals surface area contributed by atoms with Gasteiger partial charge in [-0.1, -0.05) is 17.7 Å². The smallest absolute Gasteiger partial charge is 0.335 e. The molecule has 1 aliphatic rings. The average molecular weight is 577 g/mol. The van der Waals surface area contributed by atoms with Crippen LogP contribution in [0.4, 0.5) is 8.78 Å². The summed E-state index contributed by atoms with van der Waals surface area (Å²) >= 11 is 5.86. The van der Waals surface area contributed by atoms with Gasteiger partial charge in [-0.3, -0.25) is 4.98 Å². The van der Waals surface area contributed by atoms with Crippen LogP contribution in [0.15, 0.2) is 66.9 Å². The zero-order valence-electron chi connectivity index (χ0n) is 21.6. The normalized spacial score (nSPS) is 14.7. The highest BCUT2D eigenvalue weighted by atomic mass is 35.5. The van der Waals surface area contributed by atoms with Crippen LogP contribution in [0.3, 0.4) is 0 Å².